The number of hydrogen-bond acceptors (Lipinski definition) is 3. The number of carbonyl (C=O) groups excluding carboxylic acids is 1. The van der Waals surface area contributed by atoms with Crippen LogP contribution >= 0.6 is 12.2 Å². The molecule has 5 heteroatoms. The summed E-state index contributed by atoms with van der Waals surface area (Å²) in [6.45, 7) is 11.5. The van der Waals surface area contributed by atoms with Gasteiger partial charge in [-0.1, -0.05) is 26.1 Å². The Morgan fingerprint density at radius 2 is 1.88 bits per heavy atom. The van der Waals surface area contributed by atoms with Crippen LogP contribution in [0.25, 0.3) is 0 Å². The maximum atomic E-state index is 11.8. The lowest BCUT2D eigenvalue weighted by atomic mass is 9.92. The van der Waals surface area contributed by atoms with Gasteiger partial charge in [-0.25, -0.2) is 0 Å². The summed E-state index contributed by atoms with van der Waals surface area (Å²) in [4.78, 5) is 14.4. The summed E-state index contributed by atoms with van der Waals surface area (Å²) < 4.78 is 0. The number of nitrogens with zero attached hydrogens (tertiary/aromatic N) is 1. The second-order valence-electron chi connectivity index (χ2n) is 4.63. The number of nitrogens with one attached hydrogen (secondary N) is 1. The molecule has 0 atom stereocenters. The molecule has 0 aliphatic carbocycles. The second kappa shape index (κ2) is 7.61. The van der Waals surface area contributed by atoms with E-state index in [-0.39, 0.29) is 10.9 Å². The molecule has 0 unspecified atom stereocenters. The molecule has 0 bridgehead atoms. The molecule has 0 aliphatic rings. The van der Waals surface area contributed by atoms with Gasteiger partial charge in [0.25, 0.3) is 0 Å². The van der Waals surface area contributed by atoms with Gasteiger partial charge in [0.1, 0.15) is 0 Å². The fourth-order valence-corrected chi connectivity index (χ4v) is 1.47. The second-order valence-corrected chi connectivity index (χ2v) is 5.07. The standard InChI is InChI=1S/C12H25N3OS/c1-5-15(6-2)9-7-8-14-11(16)12(3,4)10(13)17/h5-9H2,1-4H3,(H2,13,17)(H,14,16). The highest BCUT2D eigenvalue weighted by Crippen LogP contribution is 2.14. The number of thiocarbonyl (C=S) groups is 1. The van der Waals surface area contributed by atoms with Crippen molar-refractivity contribution in [1.82, 2.24) is 10.2 Å². The highest BCUT2D eigenvalue weighted by atomic mass is 32.1. The van der Waals surface area contributed by atoms with E-state index in [1.54, 1.807) is 13.8 Å². The molecule has 100 valence electrons. The molecule has 1 amide bonds. The predicted octanol–water partition coefficient (Wildman–Crippen LogP) is 1.15. The van der Waals surface area contributed by atoms with E-state index in [0.29, 0.717) is 6.54 Å². The van der Waals surface area contributed by atoms with Crippen LogP contribution in [0.15, 0.2) is 0 Å². The van der Waals surface area contributed by atoms with Crippen molar-refractivity contribution in [1.29, 1.82) is 0 Å². The maximum Gasteiger partial charge on any atom is 0.232 e. The van der Waals surface area contributed by atoms with Crippen molar-refractivity contribution in [2.45, 2.75) is 34.1 Å². The molecule has 0 saturated carbocycles. The quantitative estimate of drug-likeness (QED) is 0.507. The fraction of sp³-hybridized carbons (Fsp3) is 0.833. The molecule has 0 aromatic heterocycles. The molecule has 17 heavy (non-hydrogen) atoms. The normalized spacial score (nSPS) is 11.6. The van der Waals surface area contributed by atoms with Gasteiger partial charge in [-0.3, -0.25) is 4.79 Å². The van der Waals surface area contributed by atoms with Crippen molar-refractivity contribution in [3.63, 3.8) is 0 Å². The molecule has 3 N–H and O–H groups in total. The summed E-state index contributed by atoms with van der Waals surface area (Å²) in [5.74, 6) is -0.0930. The van der Waals surface area contributed by atoms with Gasteiger partial charge in [-0.2, -0.15) is 0 Å². The Balaban J connectivity index is 3.90. The van der Waals surface area contributed by atoms with E-state index in [4.69, 9.17) is 18.0 Å². The molecule has 0 aromatic carbocycles. The van der Waals surface area contributed by atoms with Crippen molar-refractivity contribution in [3.8, 4) is 0 Å². The molecule has 0 rings (SSSR count). The van der Waals surface area contributed by atoms with Crippen molar-refractivity contribution in [3.05, 3.63) is 0 Å². The molecule has 0 saturated heterocycles. The first-order chi connectivity index (χ1) is 7.86. The van der Waals surface area contributed by atoms with Gasteiger partial charge in [-0.05, 0) is 39.9 Å². The first-order valence-corrected chi connectivity index (χ1v) is 6.57. The lowest BCUT2D eigenvalue weighted by Gasteiger charge is -2.22. The van der Waals surface area contributed by atoms with Gasteiger partial charge in [0.15, 0.2) is 0 Å². The van der Waals surface area contributed by atoms with Crippen LogP contribution < -0.4 is 11.1 Å². The molecular weight excluding hydrogens is 234 g/mol. The third-order valence-electron chi connectivity index (χ3n) is 3.01. The number of rotatable bonds is 8. The van der Waals surface area contributed by atoms with Crippen molar-refractivity contribution < 1.29 is 4.79 Å². The minimum Gasteiger partial charge on any atom is -0.392 e. The van der Waals surface area contributed by atoms with E-state index in [0.717, 1.165) is 26.1 Å². The van der Waals surface area contributed by atoms with Gasteiger partial charge >= 0.3 is 0 Å². The van der Waals surface area contributed by atoms with E-state index in [2.05, 4.69) is 24.1 Å². The molecule has 0 fully saturated rings. The van der Waals surface area contributed by atoms with Crippen LogP contribution in [0.5, 0.6) is 0 Å². The lowest BCUT2D eigenvalue weighted by Crippen LogP contribution is -2.45. The Morgan fingerprint density at radius 1 is 1.35 bits per heavy atom. The SMILES string of the molecule is CCN(CC)CCCNC(=O)C(C)(C)C(N)=S. The molecule has 0 radical (unpaired) electrons. The van der Waals surface area contributed by atoms with Crippen LogP contribution in [0, 0.1) is 5.41 Å². The number of hydrogen-bond donors (Lipinski definition) is 2. The van der Waals surface area contributed by atoms with Crippen molar-refractivity contribution >= 4 is 23.1 Å². The first-order valence-electron chi connectivity index (χ1n) is 6.16. The summed E-state index contributed by atoms with van der Waals surface area (Å²) in [5.41, 5.74) is 4.77. The monoisotopic (exact) mass is 259 g/mol. The zero-order valence-corrected chi connectivity index (χ0v) is 12.2. The van der Waals surface area contributed by atoms with Crippen LogP contribution in [-0.2, 0) is 4.79 Å². The van der Waals surface area contributed by atoms with Gasteiger partial charge < -0.3 is 16.0 Å². The Kier molecular flexibility index (Phi) is 7.30. The van der Waals surface area contributed by atoms with Crippen LogP contribution in [0.4, 0.5) is 0 Å². The summed E-state index contributed by atoms with van der Waals surface area (Å²) in [7, 11) is 0. The number of amides is 1. The minimum absolute atomic E-state index is 0.0930. The zero-order chi connectivity index (χ0) is 13.5. The molecule has 0 aromatic rings. The Bertz CT molecular complexity index is 262. The van der Waals surface area contributed by atoms with Crippen molar-refractivity contribution in [2.75, 3.05) is 26.2 Å². The Morgan fingerprint density at radius 3 is 2.29 bits per heavy atom. The summed E-state index contributed by atoms with van der Waals surface area (Å²) in [6.07, 6.45) is 0.945. The van der Waals surface area contributed by atoms with Crippen LogP contribution in [-0.4, -0.2) is 42.0 Å². The van der Waals surface area contributed by atoms with E-state index < -0.39 is 5.41 Å². The summed E-state index contributed by atoms with van der Waals surface area (Å²) >= 11 is 4.87. The van der Waals surface area contributed by atoms with E-state index in [1.807, 2.05) is 0 Å². The van der Waals surface area contributed by atoms with E-state index >= 15 is 0 Å². The van der Waals surface area contributed by atoms with Gasteiger partial charge in [0.2, 0.25) is 5.91 Å². The van der Waals surface area contributed by atoms with Crippen molar-refractivity contribution in [2.24, 2.45) is 11.1 Å². The van der Waals surface area contributed by atoms with Crippen LogP contribution in [0.1, 0.15) is 34.1 Å². The predicted molar refractivity (Wildman–Crippen MR) is 76.0 cm³/mol. The fourth-order valence-electron chi connectivity index (χ4n) is 1.38. The summed E-state index contributed by atoms with van der Waals surface area (Å²) in [5, 5.41) is 2.87. The highest BCUT2D eigenvalue weighted by Gasteiger charge is 2.30. The highest BCUT2D eigenvalue weighted by molar-refractivity contribution is 7.80. The third-order valence-corrected chi connectivity index (χ3v) is 3.53. The Labute approximate surface area is 110 Å². The average Bonchev–Trinajstić information content (AvgIpc) is 2.28. The number of carbonyl (C=O) groups is 1. The maximum absolute atomic E-state index is 11.8. The van der Waals surface area contributed by atoms with E-state index in [1.165, 1.54) is 0 Å². The minimum atomic E-state index is -0.759. The average molecular weight is 259 g/mol. The third kappa shape index (κ3) is 5.46. The lowest BCUT2D eigenvalue weighted by molar-refractivity contribution is -0.126. The molecule has 4 nitrogen and oxygen atoms in total. The topological polar surface area (TPSA) is 58.4 Å². The molecule has 0 heterocycles. The molecule has 0 aliphatic heterocycles. The van der Waals surface area contributed by atoms with Gasteiger partial charge in [0.05, 0.1) is 10.4 Å². The molecule has 0 spiro atoms. The van der Waals surface area contributed by atoms with Crippen LogP contribution in [0.3, 0.4) is 0 Å². The molecular formula is C12H25N3OS. The van der Waals surface area contributed by atoms with Crippen LogP contribution in [0.2, 0.25) is 0 Å². The first kappa shape index (κ1) is 16.3. The largest absolute Gasteiger partial charge is 0.392 e. The summed E-state index contributed by atoms with van der Waals surface area (Å²) in [6, 6.07) is 0. The van der Waals surface area contributed by atoms with Gasteiger partial charge in [0, 0.05) is 6.54 Å². The smallest absolute Gasteiger partial charge is 0.232 e. The van der Waals surface area contributed by atoms with Gasteiger partial charge in [-0.15, -0.1) is 0 Å². The Hall–Kier alpha value is -0.680. The zero-order valence-electron chi connectivity index (χ0n) is 11.4. The number of nitrogens with two attached hydrogens (primary N) is 1. The van der Waals surface area contributed by atoms with E-state index in [9.17, 15) is 4.79 Å².